The first-order valence-corrected chi connectivity index (χ1v) is 6.81. The minimum absolute atomic E-state index is 0.501. The topological polar surface area (TPSA) is 38.7 Å². The predicted molar refractivity (Wildman–Crippen MR) is 72.2 cm³/mol. The van der Waals surface area contributed by atoms with E-state index in [0.717, 1.165) is 30.2 Å². The summed E-state index contributed by atoms with van der Waals surface area (Å²) in [4.78, 5) is 0. The molecule has 0 aliphatic heterocycles. The second kappa shape index (κ2) is 7.56. The molecule has 1 atom stereocenters. The van der Waals surface area contributed by atoms with E-state index in [9.17, 15) is 5.11 Å². The molecule has 4 heteroatoms. The molecule has 0 fully saturated rings. The molecule has 0 saturated heterocycles. The summed E-state index contributed by atoms with van der Waals surface area (Å²) in [6, 6.07) is 5.57. The van der Waals surface area contributed by atoms with E-state index in [-0.39, 0.29) is 0 Å². The average molecular weight is 303 g/mol. The highest BCUT2D eigenvalue weighted by Crippen LogP contribution is 2.36. The number of rotatable bonds is 7. The van der Waals surface area contributed by atoms with E-state index in [4.69, 9.17) is 9.47 Å². The molecule has 0 aromatic heterocycles. The molecule has 1 aromatic rings. The van der Waals surface area contributed by atoms with Crippen molar-refractivity contribution in [3.05, 3.63) is 23.8 Å². The van der Waals surface area contributed by atoms with Gasteiger partial charge in [0, 0.05) is 10.9 Å². The first-order chi connectivity index (χ1) is 8.24. The zero-order chi connectivity index (χ0) is 12.7. The molecule has 0 unspecified atom stereocenters. The molecule has 1 rings (SSSR count). The number of alkyl halides is 1. The van der Waals surface area contributed by atoms with Crippen LogP contribution in [-0.4, -0.2) is 24.7 Å². The van der Waals surface area contributed by atoms with Gasteiger partial charge in [-0.25, -0.2) is 0 Å². The molecule has 17 heavy (non-hydrogen) atoms. The van der Waals surface area contributed by atoms with Gasteiger partial charge >= 0.3 is 0 Å². The first kappa shape index (κ1) is 14.3. The molecule has 96 valence electrons. The highest BCUT2D eigenvalue weighted by atomic mass is 79.9. The fraction of sp³-hybridized carbons (Fsp3) is 0.538. The maximum absolute atomic E-state index is 10.1. The van der Waals surface area contributed by atoms with Crippen LogP contribution in [0.15, 0.2) is 18.2 Å². The second-order valence-corrected chi connectivity index (χ2v) is 4.58. The van der Waals surface area contributed by atoms with Crippen LogP contribution in [0.2, 0.25) is 0 Å². The minimum atomic E-state index is -0.501. The highest BCUT2D eigenvalue weighted by molar-refractivity contribution is 9.09. The molecule has 0 heterocycles. The predicted octanol–water partition coefficient (Wildman–Crippen LogP) is 3.30. The van der Waals surface area contributed by atoms with E-state index >= 15 is 0 Å². The zero-order valence-corrected chi connectivity index (χ0v) is 11.9. The fourth-order valence-electron chi connectivity index (χ4n) is 1.76. The molecule has 0 aliphatic carbocycles. The van der Waals surface area contributed by atoms with Gasteiger partial charge in [-0.3, -0.25) is 0 Å². The standard InChI is InChI=1S/C13H19BrO3/c1-16-12-8-5-6-10(13(12)17-2)11(15)7-3-4-9-14/h5-6,8,11,15H,3-4,7,9H2,1-2H3/t11-/m1/s1. The van der Waals surface area contributed by atoms with E-state index in [1.54, 1.807) is 14.2 Å². The molecular weight excluding hydrogens is 284 g/mol. The molecule has 0 bridgehead atoms. The van der Waals surface area contributed by atoms with Crippen molar-refractivity contribution in [2.24, 2.45) is 0 Å². The summed E-state index contributed by atoms with van der Waals surface area (Å²) in [7, 11) is 3.19. The summed E-state index contributed by atoms with van der Waals surface area (Å²) in [5.41, 5.74) is 0.793. The Kier molecular flexibility index (Phi) is 6.37. The number of aliphatic hydroxyl groups is 1. The Morgan fingerprint density at radius 3 is 2.59 bits per heavy atom. The lowest BCUT2D eigenvalue weighted by Crippen LogP contribution is -2.02. The maximum atomic E-state index is 10.1. The van der Waals surface area contributed by atoms with Crippen molar-refractivity contribution in [3.63, 3.8) is 0 Å². The van der Waals surface area contributed by atoms with Crippen molar-refractivity contribution in [2.45, 2.75) is 25.4 Å². The van der Waals surface area contributed by atoms with Crippen molar-refractivity contribution in [2.75, 3.05) is 19.5 Å². The van der Waals surface area contributed by atoms with Crippen molar-refractivity contribution in [1.82, 2.24) is 0 Å². The largest absolute Gasteiger partial charge is 0.493 e. The Labute approximate surface area is 111 Å². The van der Waals surface area contributed by atoms with Crippen LogP contribution in [-0.2, 0) is 0 Å². The number of benzene rings is 1. The number of aliphatic hydroxyl groups excluding tert-OH is 1. The molecule has 0 aliphatic rings. The van der Waals surface area contributed by atoms with Crippen molar-refractivity contribution in [3.8, 4) is 11.5 Å². The normalized spacial score (nSPS) is 12.2. The highest BCUT2D eigenvalue weighted by Gasteiger charge is 2.16. The molecule has 0 amide bonds. The number of ether oxygens (including phenoxy) is 2. The van der Waals surface area contributed by atoms with Crippen molar-refractivity contribution >= 4 is 15.9 Å². The van der Waals surface area contributed by atoms with E-state index in [1.165, 1.54) is 0 Å². The van der Waals surface area contributed by atoms with E-state index in [0.29, 0.717) is 11.5 Å². The van der Waals surface area contributed by atoms with Crippen LogP contribution in [0.5, 0.6) is 11.5 Å². The monoisotopic (exact) mass is 302 g/mol. The van der Waals surface area contributed by atoms with E-state index in [1.807, 2.05) is 18.2 Å². The Morgan fingerprint density at radius 1 is 1.24 bits per heavy atom. The summed E-state index contributed by atoms with van der Waals surface area (Å²) in [5, 5.41) is 11.1. The van der Waals surface area contributed by atoms with Crippen LogP contribution >= 0.6 is 15.9 Å². The van der Waals surface area contributed by atoms with Gasteiger partial charge in [0.1, 0.15) is 0 Å². The third kappa shape index (κ3) is 3.89. The van der Waals surface area contributed by atoms with Gasteiger partial charge in [0.25, 0.3) is 0 Å². The molecule has 0 spiro atoms. The number of halogens is 1. The van der Waals surface area contributed by atoms with Gasteiger partial charge in [-0.15, -0.1) is 0 Å². The second-order valence-electron chi connectivity index (χ2n) is 3.78. The number of para-hydroxylation sites is 1. The van der Waals surface area contributed by atoms with Crippen molar-refractivity contribution < 1.29 is 14.6 Å². The summed E-state index contributed by atoms with van der Waals surface area (Å²) in [5.74, 6) is 1.28. The lowest BCUT2D eigenvalue weighted by atomic mass is 10.0. The number of methoxy groups -OCH3 is 2. The number of hydrogen-bond acceptors (Lipinski definition) is 3. The number of hydrogen-bond donors (Lipinski definition) is 1. The van der Waals surface area contributed by atoms with Crippen LogP contribution < -0.4 is 9.47 Å². The Morgan fingerprint density at radius 2 is 2.00 bits per heavy atom. The van der Waals surface area contributed by atoms with Gasteiger partial charge in [-0.1, -0.05) is 28.1 Å². The smallest absolute Gasteiger partial charge is 0.166 e. The van der Waals surface area contributed by atoms with Gasteiger partial charge in [-0.05, 0) is 25.3 Å². The molecule has 1 N–H and O–H groups in total. The lowest BCUT2D eigenvalue weighted by Gasteiger charge is -2.16. The number of unbranched alkanes of at least 4 members (excludes halogenated alkanes) is 1. The van der Waals surface area contributed by atoms with E-state index < -0.39 is 6.10 Å². The van der Waals surface area contributed by atoms with Crippen LogP contribution in [0.3, 0.4) is 0 Å². The van der Waals surface area contributed by atoms with Crippen LogP contribution in [0.1, 0.15) is 30.9 Å². The van der Waals surface area contributed by atoms with Crippen LogP contribution in [0.4, 0.5) is 0 Å². The molecular formula is C13H19BrO3. The van der Waals surface area contributed by atoms with Crippen molar-refractivity contribution in [1.29, 1.82) is 0 Å². The molecule has 0 radical (unpaired) electrons. The Bertz CT molecular complexity index is 341. The maximum Gasteiger partial charge on any atom is 0.166 e. The Hall–Kier alpha value is -0.740. The van der Waals surface area contributed by atoms with Gasteiger partial charge < -0.3 is 14.6 Å². The van der Waals surface area contributed by atoms with Gasteiger partial charge in [0.05, 0.1) is 20.3 Å². The van der Waals surface area contributed by atoms with E-state index in [2.05, 4.69) is 15.9 Å². The molecule has 0 saturated carbocycles. The lowest BCUT2D eigenvalue weighted by molar-refractivity contribution is 0.159. The third-order valence-corrected chi connectivity index (χ3v) is 3.21. The van der Waals surface area contributed by atoms with Crippen LogP contribution in [0.25, 0.3) is 0 Å². The molecule has 1 aromatic carbocycles. The van der Waals surface area contributed by atoms with Gasteiger partial charge in [-0.2, -0.15) is 0 Å². The first-order valence-electron chi connectivity index (χ1n) is 5.69. The van der Waals surface area contributed by atoms with Gasteiger partial charge in [0.2, 0.25) is 0 Å². The fourth-order valence-corrected chi connectivity index (χ4v) is 2.16. The molecule has 3 nitrogen and oxygen atoms in total. The zero-order valence-electron chi connectivity index (χ0n) is 10.3. The van der Waals surface area contributed by atoms with Crippen LogP contribution in [0, 0.1) is 0 Å². The summed E-state index contributed by atoms with van der Waals surface area (Å²) in [6.07, 6.45) is 2.27. The SMILES string of the molecule is COc1cccc([C@H](O)CCCCBr)c1OC. The average Bonchev–Trinajstić information content (AvgIpc) is 2.37. The third-order valence-electron chi connectivity index (χ3n) is 2.65. The summed E-state index contributed by atoms with van der Waals surface area (Å²) >= 11 is 3.38. The summed E-state index contributed by atoms with van der Waals surface area (Å²) in [6.45, 7) is 0. The quantitative estimate of drug-likeness (QED) is 0.620. The summed E-state index contributed by atoms with van der Waals surface area (Å²) < 4.78 is 10.5. The minimum Gasteiger partial charge on any atom is -0.493 e. The van der Waals surface area contributed by atoms with Gasteiger partial charge in [0.15, 0.2) is 11.5 Å². The Balaban J connectivity index is 2.81.